The molecule has 2 aromatic rings. The average Bonchev–Trinajstić information content (AvgIpc) is 2.71. The van der Waals surface area contributed by atoms with E-state index in [1.54, 1.807) is 6.07 Å². The number of hydrogen-bond acceptors (Lipinski definition) is 3. The summed E-state index contributed by atoms with van der Waals surface area (Å²) in [4.78, 5) is 29.6. The van der Waals surface area contributed by atoms with Crippen LogP contribution >= 0.6 is 11.6 Å². The van der Waals surface area contributed by atoms with Crippen LogP contribution in [0.1, 0.15) is 35.7 Å². The first kappa shape index (κ1) is 19.6. The van der Waals surface area contributed by atoms with Crippen molar-refractivity contribution in [2.45, 2.75) is 32.4 Å². The molecule has 0 radical (unpaired) electrons. The lowest BCUT2D eigenvalue weighted by Gasteiger charge is -2.52. The van der Waals surface area contributed by atoms with Gasteiger partial charge in [0.15, 0.2) is 0 Å². The summed E-state index contributed by atoms with van der Waals surface area (Å²) in [5, 5.41) is 6.75. The quantitative estimate of drug-likeness (QED) is 0.775. The number of rotatable bonds is 2. The summed E-state index contributed by atoms with van der Waals surface area (Å²) in [6.45, 7) is 5.94. The number of carbonyl (C=O) groups is 2. The topological polar surface area (TPSA) is 64.7 Å². The van der Waals surface area contributed by atoms with Gasteiger partial charge in [0.2, 0.25) is 0 Å². The number of fused-ring (bicyclic) bond motifs is 1. The summed E-state index contributed by atoms with van der Waals surface area (Å²) in [5.41, 5.74) is 2.88. The van der Waals surface area contributed by atoms with Gasteiger partial charge in [-0.3, -0.25) is 4.79 Å². The lowest BCUT2D eigenvalue weighted by Crippen LogP contribution is -2.68. The first-order valence-corrected chi connectivity index (χ1v) is 10.3. The highest BCUT2D eigenvalue weighted by atomic mass is 35.5. The third kappa shape index (κ3) is 3.53. The Morgan fingerprint density at radius 1 is 1.21 bits per heavy atom. The number of likely N-dealkylation sites (tertiary alicyclic amines) is 1. The molecule has 4 rings (SSSR count). The van der Waals surface area contributed by atoms with Crippen LogP contribution in [0.4, 0.5) is 16.2 Å². The highest BCUT2D eigenvalue weighted by molar-refractivity contribution is 6.31. The fourth-order valence-electron chi connectivity index (χ4n) is 4.36. The van der Waals surface area contributed by atoms with Crippen LogP contribution in [-0.2, 0) is 0 Å². The van der Waals surface area contributed by atoms with Gasteiger partial charge in [-0.15, -0.1) is 0 Å². The van der Waals surface area contributed by atoms with E-state index < -0.39 is 5.66 Å². The van der Waals surface area contributed by atoms with Crippen LogP contribution in [-0.4, -0.2) is 42.1 Å². The molecular formula is C22H25ClN4O2. The number of amides is 3. The third-order valence-electron chi connectivity index (χ3n) is 5.94. The number of nitrogens with zero attached hydrogens (tertiary/aromatic N) is 2. The number of piperidine rings is 1. The molecule has 0 unspecified atom stereocenters. The van der Waals surface area contributed by atoms with Crippen molar-refractivity contribution < 1.29 is 9.59 Å². The van der Waals surface area contributed by atoms with Gasteiger partial charge >= 0.3 is 6.03 Å². The second kappa shape index (κ2) is 7.59. The number of urea groups is 1. The van der Waals surface area contributed by atoms with E-state index in [1.807, 2.05) is 48.2 Å². The van der Waals surface area contributed by atoms with Gasteiger partial charge in [0.1, 0.15) is 5.66 Å². The van der Waals surface area contributed by atoms with Crippen molar-refractivity contribution >= 4 is 34.9 Å². The van der Waals surface area contributed by atoms with Crippen molar-refractivity contribution in [3.05, 3.63) is 58.6 Å². The second-order valence-corrected chi connectivity index (χ2v) is 8.06. The van der Waals surface area contributed by atoms with E-state index in [4.69, 9.17) is 11.6 Å². The smallest absolute Gasteiger partial charge is 0.321 e. The van der Waals surface area contributed by atoms with Crippen molar-refractivity contribution in [2.24, 2.45) is 0 Å². The Kier molecular flexibility index (Phi) is 5.13. The van der Waals surface area contributed by atoms with E-state index in [9.17, 15) is 9.59 Å². The highest BCUT2D eigenvalue weighted by Gasteiger charge is 2.45. The zero-order valence-electron chi connectivity index (χ0n) is 16.7. The number of benzene rings is 2. The van der Waals surface area contributed by atoms with E-state index in [0.29, 0.717) is 36.5 Å². The Balaban J connectivity index is 1.50. The minimum absolute atomic E-state index is 0.105. The number of hydrogen-bond donors (Lipinski definition) is 2. The fourth-order valence-corrected chi connectivity index (χ4v) is 4.53. The normalized spacial score (nSPS) is 17.7. The lowest BCUT2D eigenvalue weighted by atomic mass is 9.90. The van der Waals surface area contributed by atoms with Gasteiger partial charge in [-0.25, -0.2) is 4.79 Å². The molecule has 0 saturated carbocycles. The highest BCUT2D eigenvalue weighted by Crippen LogP contribution is 2.38. The first-order chi connectivity index (χ1) is 13.9. The Morgan fingerprint density at radius 3 is 2.62 bits per heavy atom. The summed E-state index contributed by atoms with van der Waals surface area (Å²) >= 11 is 6.09. The molecule has 29 heavy (non-hydrogen) atoms. The maximum atomic E-state index is 12.8. The first-order valence-electron chi connectivity index (χ1n) is 9.95. The van der Waals surface area contributed by atoms with Gasteiger partial charge in [-0.05, 0) is 43.7 Å². The molecule has 3 amide bonds. The molecule has 0 bridgehead atoms. The summed E-state index contributed by atoms with van der Waals surface area (Å²) in [7, 11) is 0. The zero-order valence-corrected chi connectivity index (χ0v) is 17.4. The minimum atomic E-state index is -0.480. The van der Waals surface area contributed by atoms with Crippen LogP contribution in [0.3, 0.4) is 0 Å². The summed E-state index contributed by atoms with van der Waals surface area (Å²) in [6, 6.07) is 13.1. The maximum absolute atomic E-state index is 12.8. The van der Waals surface area contributed by atoms with E-state index in [0.717, 1.165) is 23.5 Å². The van der Waals surface area contributed by atoms with Crippen LogP contribution in [0.5, 0.6) is 0 Å². The van der Waals surface area contributed by atoms with Crippen LogP contribution < -0.4 is 15.5 Å². The number of aryl methyl sites for hydroxylation is 1. The number of nitrogens with one attached hydrogen (secondary N) is 2. The molecule has 2 aromatic carbocycles. The van der Waals surface area contributed by atoms with Crippen molar-refractivity contribution in [2.75, 3.05) is 29.9 Å². The Labute approximate surface area is 175 Å². The average molecular weight is 413 g/mol. The van der Waals surface area contributed by atoms with Crippen LogP contribution in [0.15, 0.2) is 42.5 Å². The monoisotopic (exact) mass is 412 g/mol. The Hall–Kier alpha value is -2.73. The third-order valence-corrected chi connectivity index (χ3v) is 6.17. The number of anilines is 2. The molecular weight excluding hydrogens is 388 g/mol. The van der Waals surface area contributed by atoms with E-state index in [2.05, 4.69) is 22.5 Å². The number of para-hydroxylation sites is 1. The molecule has 2 N–H and O–H groups in total. The fraction of sp³-hybridized carbons (Fsp3) is 0.364. The van der Waals surface area contributed by atoms with Gasteiger partial charge in [-0.1, -0.05) is 29.8 Å². The largest absolute Gasteiger partial charge is 0.348 e. The predicted octanol–water partition coefficient (Wildman–Crippen LogP) is 4.24. The van der Waals surface area contributed by atoms with Crippen molar-refractivity contribution in [1.29, 1.82) is 0 Å². The van der Waals surface area contributed by atoms with E-state index in [-0.39, 0.29) is 11.9 Å². The second-order valence-electron chi connectivity index (χ2n) is 7.62. The SMILES string of the molecule is CCN1c2ccc(Cl)cc2C(=O)NC12CCN(C(=O)Nc1ccccc1C)CC2. The lowest BCUT2D eigenvalue weighted by molar-refractivity contribution is 0.0808. The van der Waals surface area contributed by atoms with Crippen LogP contribution in [0, 0.1) is 6.92 Å². The number of carbonyl (C=O) groups excluding carboxylic acids is 2. The van der Waals surface area contributed by atoms with Crippen LogP contribution in [0.25, 0.3) is 0 Å². The molecule has 1 spiro atoms. The molecule has 7 heteroatoms. The zero-order chi connectivity index (χ0) is 20.6. The van der Waals surface area contributed by atoms with Gasteiger partial charge in [-0.2, -0.15) is 0 Å². The van der Waals surface area contributed by atoms with Gasteiger partial charge < -0.3 is 20.4 Å². The Morgan fingerprint density at radius 2 is 1.93 bits per heavy atom. The molecule has 0 aromatic heterocycles. The molecule has 0 aliphatic carbocycles. The molecule has 1 fully saturated rings. The van der Waals surface area contributed by atoms with Crippen molar-refractivity contribution in [3.63, 3.8) is 0 Å². The summed E-state index contributed by atoms with van der Waals surface area (Å²) in [6.07, 6.45) is 1.33. The van der Waals surface area contributed by atoms with Crippen molar-refractivity contribution in [1.82, 2.24) is 10.2 Å². The van der Waals surface area contributed by atoms with Gasteiger partial charge in [0, 0.05) is 43.2 Å². The van der Waals surface area contributed by atoms with E-state index in [1.165, 1.54) is 0 Å². The number of halogens is 1. The molecule has 2 aliphatic heterocycles. The summed E-state index contributed by atoms with van der Waals surface area (Å²) < 4.78 is 0. The van der Waals surface area contributed by atoms with Gasteiger partial charge in [0.25, 0.3) is 5.91 Å². The van der Waals surface area contributed by atoms with Crippen LogP contribution in [0.2, 0.25) is 5.02 Å². The standard InChI is InChI=1S/C22H25ClN4O2/c1-3-27-19-9-8-16(23)14-17(19)20(28)25-22(27)10-12-26(13-11-22)21(29)24-18-7-5-4-6-15(18)2/h4-9,14H,3,10-13H2,1-2H3,(H,24,29)(H,25,28). The van der Waals surface area contributed by atoms with E-state index >= 15 is 0 Å². The molecule has 2 heterocycles. The predicted molar refractivity (Wildman–Crippen MR) is 116 cm³/mol. The van der Waals surface area contributed by atoms with Gasteiger partial charge in [0.05, 0.1) is 11.3 Å². The minimum Gasteiger partial charge on any atom is -0.348 e. The summed E-state index contributed by atoms with van der Waals surface area (Å²) in [5.74, 6) is -0.106. The Bertz CT molecular complexity index is 954. The molecule has 2 aliphatic rings. The molecule has 152 valence electrons. The van der Waals surface area contributed by atoms with Crippen molar-refractivity contribution in [3.8, 4) is 0 Å². The maximum Gasteiger partial charge on any atom is 0.321 e. The molecule has 6 nitrogen and oxygen atoms in total. The molecule has 0 atom stereocenters. The molecule has 1 saturated heterocycles.